The monoisotopic (exact) mass is 275 g/mol. The van der Waals surface area contributed by atoms with Crippen molar-refractivity contribution in [3.8, 4) is 0 Å². The van der Waals surface area contributed by atoms with Gasteiger partial charge in [0, 0.05) is 13.1 Å². The third-order valence-electron chi connectivity index (χ3n) is 2.63. The van der Waals surface area contributed by atoms with Crippen LogP contribution in [-0.4, -0.2) is 49.1 Å². The highest BCUT2D eigenvalue weighted by Gasteiger charge is 2.65. The molecule has 1 saturated heterocycles. The van der Waals surface area contributed by atoms with Crippen LogP contribution in [0.2, 0.25) is 0 Å². The van der Waals surface area contributed by atoms with Gasteiger partial charge in [-0.25, -0.2) is 0 Å². The van der Waals surface area contributed by atoms with Crippen LogP contribution < -0.4 is 0 Å². The van der Waals surface area contributed by atoms with Crippen molar-refractivity contribution >= 4 is 11.9 Å². The molecule has 0 N–H and O–H groups in total. The number of likely N-dealkylation sites (tertiary alicyclic amines) is 1. The summed E-state index contributed by atoms with van der Waals surface area (Å²) in [5, 5.41) is 0. The Kier molecular flexibility index (Phi) is 3.82. The summed E-state index contributed by atoms with van der Waals surface area (Å²) in [6, 6.07) is 0. The van der Waals surface area contributed by atoms with Crippen molar-refractivity contribution in [3.63, 3.8) is 0 Å². The van der Waals surface area contributed by atoms with Crippen molar-refractivity contribution < 1.29 is 36.3 Å². The van der Waals surface area contributed by atoms with E-state index in [4.69, 9.17) is 0 Å². The van der Waals surface area contributed by atoms with Crippen LogP contribution in [0.4, 0.5) is 22.0 Å². The van der Waals surface area contributed by atoms with Crippen LogP contribution in [0.3, 0.4) is 0 Å². The summed E-state index contributed by atoms with van der Waals surface area (Å²) in [6.07, 6.45) is -5.93. The molecule has 1 aliphatic heterocycles. The molecule has 0 bridgehead atoms. The minimum atomic E-state index is -5.94. The van der Waals surface area contributed by atoms with E-state index in [1.54, 1.807) is 0 Å². The van der Waals surface area contributed by atoms with Gasteiger partial charge in [0.2, 0.25) is 0 Å². The second-order valence-corrected chi connectivity index (χ2v) is 3.83. The number of methoxy groups -OCH3 is 1. The van der Waals surface area contributed by atoms with E-state index in [1.165, 1.54) is 0 Å². The molecular formula is C9H10F5NO3. The second kappa shape index (κ2) is 4.69. The number of nitrogens with zero attached hydrogens (tertiary/aromatic N) is 1. The van der Waals surface area contributed by atoms with E-state index in [0.717, 1.165) is 7.11 Å². The van der Waals surface area contributed by atoms with E-state index >= 15 is 0 Å². The van der Waals surface area contributed by atoms with E-state index in [2.05, 4.69) is 4.74 Å². The first-order valence-electron chi connectivity index (χ1n) is 4.93. The summed E-state index contributed by atoms with van der Waals surface area (Å²) in [5.41, 5.74) is 0. The molecule has 0 aliphatic carbocycles. The number of rotatable bonds is 2. The van der Waals surface area contributed by atoms with Crippen LogP contribution in [0.5, 0.6) is 0 Å². The maximum atomic E-state index is 12.8. The van der Waals surface area contributed by atoms with E-state index in [-0.39, 0.29) is 13.0 Å². The number of esters is 1. The molecular weight excluding hydrogens is 265 g/mol. The normalized spacial score (nSPS) is 21.0. The Balaban J connectivity index is 2.74. The largest absolute Gasteiger partial charge is 0.469 e. The fourth-order valence-corrected chi connectivity index (χ4v) is 1.62. The SMILES string of the molecule is COC(=O)C1CCN(C(=O)C(F)(F)C(F)(F)F)C1. The average Bonchev–Trinajstić information content (AvgIpc) is 2.74. The molecule has 9 heteroatoms. The first-order valence-corrected chi connectivity index (χ1v) is 4.93. The van der Waals surface area contributed by atoms with Crippen LogP contribution in [0.15, 0.2) is 0 Å². The Morgan fingerprint density at radius 2 is 1.78 bits per heavy atom. The van der Waals surface area contributed by atoms with Gasteiger partial charge in [-0.15, -0.1) is 0 Å². The van der Waals surface area contributed by atoms with Crippen molar-refractivity contribution in [2.24, 2.45) is 5.92 Å². The van der Waals surface area contributed by atoms with Gasteiger partial charge in [-0.1, -0.05) is 0 Å². The molecule has 0 aromatic carbocycles. The lowest BCUT2D eigenvalue weighted by atomic mass is 10.1. The summed E-state index contributed by atoms with van der Waals surface area (Å²) in [4.78, 5) is 22.5. The summed E-state index contributed by atoms with van der Waals surface area (Å²) >= 11 is 0. The van der Waals surface area contributed by atoms with Crippen molar-refractivity contribution in [2.45, 2.75) is 18.5 Å². The lowest BCUT2D eigenvalue weighted by molar-refractivity contribution is -0.274. The van der Waals surface area contributed by atoms with Gasteiger partial charge in [0.05, 0.1) is 13.0 Å². The van der Waals surface area contributed by atoms with Crippen molar-refractivity contribution in [3.05, 3.63) is 0 Å². The number of carbonyl (C=O) groups excluding carboxylic acids is 2. The van der Waals surface area contributed by atoms with Gasteiger partial charge in [0.1, 0.15) is 0 Å². The molecule has 1 unspecified atom stereocenters. The summed E-state index contributed by atoms with van der Waals surface area (Å²) < 4.78 is 65.7. The lowest BCUT2D eigenvalue weighted by Gasteiger charge is -2.24. The van der Waals surface area contributed by atoms with E-state index in [9.17, 15) is 31.5 Å². The van der Waals surface area contributed by atoms with Crippen LogP contribution in [0.1, 0.15) is 6.42 Å². The topological polar surface area (TPSA) is 46.6 Å². The zero-order chi connectivity index (χ0) is 14.1. The van der Waals surface area contributed by atoms with Gasteiger partial charge in [0.15, 0.2) is 0 Å². The Labute approximate surface area is 98.7 Å². The van der Waals surface area contributed by atoms with E-state index in [1.807, 2.05) is 0 Å². The number of halogens is 5. The number of carbonyl (C=O) groups is 2. The minimum absolute atomic E-state index is 0.00630. The van der Waals surface area contributed by atoms with Gasteiger partial charge in [-0.05, 0) is 6.42 Å². The maximum Gasteiger partial charge on any atom is 0.463 e. The Hall–Kier alpha value is -1.41. The Morgan fingerprint density at radius 1 is 1.22 bits per heavy atom. The van der Waals surface area contributed by atoms with Crippen molar-refractivity contribution in [1.29, 1.82) is 0 Å². The van der Waals surface area contributed by atoms with E-state index in [0.29, 0.717) is 4.90 Å². The highest BCUT2D eigenvalue weighted by molar-refractivity contribution is 5.85. The smallest absolute Gasteiger partial charge is 0.463 e. The first-order chi connectivity index (χ1) is 8.11. The van der Waals surface area contributed by atoms with Gasteiger partial charge >= 0.3 is 24.0 Å². The van der Waals surface area contributed by atoms with Crippen LogP contribution in [0.25, 0.3) is 0 Å². The van der Waals surface area contributed by atoms with Crippen molar-refractivity contribution in [1.82, 2.24) is 4.90 Å². The van der Waals surface area contributed by atoms with Gasteiger partial charge in [-0.2, -0.15) is 22.0 Å². The van der Waals surface area contributed by atoms with Gasteiger partial charge in [0.25, 0.3) is 0 Å². The molecule has 1 atom stereocenters. The fraction of sp³-hybridized carbons (Fsp3) is 0.778. The molecule has 0 aromatic rings. The molecule has 1 fully saturated rings. The van der Waals surface area contributed by atoms with E-state index < -0.39 is 36.4 Å². The highest BCUT2D eigenvalue weighted by Crippen LogP contribution is 2.37. The molecule has 0 spiro atoms. The molecule has 1 rings (SSSR count). The molecule has 0 saturated carbocycles. The number of ether oxygens (including phenoxy) is 1. The van der Waals surface area contributed by atoms with Crippen molar-refractivity contribution in [2.75, 3.05) is 20.2 Å². The molecule has 0 radical (unpaired) electrons. The summed E-state index contributed by atoms with van der Waals surface area (Å²) in [7, 11) is 1.07. The molecule has 1 amide bonds. The number of hydrogen-bond acceptors (Lipinski definition) is 3. The molecule has 104 valence electrons. The zero-order valence-corrected chi connectivity index (χ0v) is 9.26. The molecule has 1 aliphatic rings. The quantitative estimate of drug-likeness (QED) is 0.562. The molecule has 4 nitrogen and oxygen atoms in total. The zero-order valence-electron chi connectivity index (χ0n) is 9.26. The standard InChI is InChI=1S/C9H10F5NO3/c1-18-6(16)5-2-3-15(4-5)7(17)8(10,11)9(12,13)14/h5H,2-4H2,1H3. The van der Waals surface area contributed by atoms with Gasteiger partial charge < -0.3 is 9.64 Å². The highest BCUT2D eigenvalue weighted by atomic mass is 19.4. The number of hydrogen-bond donors (Lipinski definition) is 0. The minimum Gasteiger partial charge on any atom is -0.469 e. The number of amides is 1. The predicted molar refractivity (Wildman–Crippen MR) is 47.7 cm³/mol. The Bertz CT molecular complexity index is 355. The first kappa shape index (κ1) is 14.7. The second-order valence-electron chi connectivity index (χ2n) is 3.83. The summed E-state index contributed by atoms with van der Waals surface area (Å²) in [6.45, 7) is -0.818. The van der Waals surface area contributed by atoms with Crippen LogP contribution in [-0.2, 0) is 14.3 Å². The van der Waals surface area contributed by atoms with Crippen LogP contribution in [0, 0.1) is 5.92 Å². The predicted octanol–water partition coefficient (Wildman–Crippen LogP) is 1.21. The summed E-state index contributed by atoms with van der Waals surface area (Å²) in [5.74, 6) is -9.36. The Morgan fingerprint density at radius 3 is 2.22 bits per heavy atom. The lowest BCUT2D eigenvalue weighted by Crippen LogP contribution is -2.51. The average molecular weight is 275 g/mol. The molecule has 1 heterocycles. The number of alkyl halides is 5. The molecule has 0 aromatic heterocycles. The third-order valence-corrected chi connectivity index (χ3v) is 2.63. The molecule has 18 heavy (non-hydrogen) atoms. The van der Waals surface area contributed by atoms with Crippen LogP contribution >= 0.6 is 0 Å². The maximum absolute atomic E-state index is 12.8. The fourth-order valence-electron chi connectivity index (χ4n) is 1.62. The third kappa shape index (κ3) is 2.54. The van der Waals surface area contributed by atoms with Gasteiger partial charge in [-0.3, -0.25) is 9.59 Å².